The maximum atomic E-state index is 10.9. The van der Waals surface area contributed by atoms with Gasteiger partial charge >= 0.3 is 0 Å². The van der Waals surface area contributed by atoms with Gasteiger partial charge in [-0.15, -0.1) is 0 Å². The number of nitrogens with one attached hydrogen (secondary N) is 1. The smallest absolute Gasteiger partial charge is 0.272 e. The molecule has 0 aromatic heterocycles. The number of nitrogens with zero attached hydrogens (tertiary/aromatic N) is 1. The molecule has 0 spiro atoms. The summed E-state index contributed by atoms with van der Waals surface area (Å²) in [6, 6.07) is 10.7. The van der Waals surface area contributed by atoms with E-state index < -0.39 is 0 Å². The molecule has 6 heteroatoms. The molecule has 0 atom stereocenters. The predicted octanol–water partition coefficient (Wildman–Crippen LogP) is 4.93. The number of halogens is 2. The first-order chi connectivity index (χ1) is 9.47. The third-order valence-corrected chi connectivity index (χ3v) is 3.70. The summed E-state index contributed by atoms with van der Waals surface area (Å²) in [5, 5.41) is 14.7. The number of anilines is 1. The zero-order chi connectivity index (χ0) is 14.7. The van der Waals surface area contributed by atoms with Crippen molar-refractivity contribution < 1.29 is 4.92 Å². The van der Waals surface area contributed by atoms with Crippen LogP contribution in [0.1, 0.15) is 11.1 Å². The first kappa shape index (κ1) is 14.8. The minimum Gasteiger partial charge on any atom is -0.380 e. The van der Waals surface area contributed by atoms with E-state index in [1.165, 1.54) is 0 Å². The first-order valence-electron chi connectivity index (χ1n) is 5.90. The fourth-order valence-electron chi connectivity index (χ4n) is 1.79. The molecule has 0 fully saturated rings. The largest absolute Gasteiger partial charge is 0.380 e. The molecule has 0 heterocycles. The second-order valence-electron chi connectivity index (χ2n) is 4.36. The van der Waals surface area contributed by atoms with Crippen molar-refractivity contribution in [1.82, 2.24) is 0 Å². The summed E-state index contributed by atoms with van der Waals surface area (Å²) in [5.74, 6) is 0. The summed E-state index contributed by atoms with van der Waals surface area (Å²) < 4.78 is 0.916. The Morgan fingerprint density at radius 1 is 1.30 bits per heavy atom. The van der Waals surface area contributed by atoms with Crippen molar-refractivity contribution in [2.45, 2.75) is 13.5 Å². The van der Waals surface area contributed by atoms with Crippen molar-refractivity contribution in [3.63, 3.8) is 0 Å². The topological polar surface area (TPSA) is 55.2 Å². The van der Waals surface area contributed by atoms with Crippen molar-refractivity contribution >= 4 is 38.9 Å². The van der Waals surface area contributed by atoms with E-state index in [0.717, 1.165) is 15.7 Å². The van der Waals surface area contributed by atoms with Crippen molar-refractivity contribution in [3.8, 4) is 0 Å². The fourth-order valence-corrected chi connectivity index (χ4v) is 2.34. The molecule has 0 aliphatic carbocycles. The molecule has 2 aromatic carbocycles. The fraction of sp³-hybridized carbons (Fsp3) is 0.143. The van der Waals surface area contributed by atoms with Crippen LogP contribution in [0.3, 0.4) is 0 Å². The van der Waals surface area contributed by atoms with Crippen LogP contribution in [-0.2, 0) is 6.54 Å². The maximum absolute atomic E-state index is 10.9. The standard InChI is InChI=1S/C14H12BrClN2O2/c1-9-2-3-10(6-14(9)18(19)20)8-17-13-7-11(15)4-5-12(13)16/h2-7,17H,8H2,1H3. The third kappa shape index (κ3) is 3.49. The van der Waals surface area contributed by atoms with Crippen LogP contribution >= 0.6 is 27.5 Å². The number of aryl methyl sites for hydroxylation is 1. The Kier molecular flexibility index (Phi) is 4.62. The second kappa shape index (κ2) is 6.24. The lowest BCUT2D eigenvalue weighted by atomic mass is 10.1. The highest BCUT2D eigenvalue weighted by molar-refractivity contribution is 9.10. The van der Waals surface area contributed by atoms with Crippen molar-refractivity contribution in [3.05, 3.63) is 67.1 Å². The Morgan fingerprint density at radius 3 is 2.75 bits per heavy atom. The van der Waals surface area contributed by atoms with E-state index >= 15 is 0 Å². The number of nitro benzene ring substituents is 1. The number of hydrogen-bond donors (Lipinski definition) is 1. The highest BCUT2D eigenvalue weighted by Crippen LogP contribution is 2.26. The lowest BCUT2D eigenvalue weighted by molar-refractivity contribution is -0.385. The van der Waals surface area contributed by atoms with E-state index in [4.69, 9.17) is 11.6 Å². The van der Waals surface area contributed by atoms with E-state index in [1.54, 1.807) is 25.1 Å². The van der Waals surface area contributed by atoms with Crippen LogP contribution in [-0.4, -0.2) is 4.92 Å². The molecule has 0 saturated carbocycles. The van der Waals surface area contributed by atoms with Crippen LogP contribution in [0.15, 0.2) is 40.9 Å². The molecular formula is C14H12BrClN2O2. The zero-order valence-electron chi connectivity index (χ0n) is 10.7. The summed E-state index contributed by atoms with van der Waals surface area (Å²) in [6.45, 7) is 2.19. The Morgan fingerprint density at radius 2 is 2.05 bits per heavy atom. The molecule has 20 heavy (non-hydrogen) atoms. The summed E-state index contributed by atoms with van der Waals surface area (Å²) >= 11 is 9.45. The van der Waals surface area contributed by atoms with E-state index in [1.807, 2.05) is 18.2 Å². The molecule has 2 aromatic rings. The van der Waals surface area contributed by atoms with Gasteiger partial charge in [0.2, 0.25) is 0 Å². The van der Waals surface area contributed by atoms with E-state index in [0.29, 0.717) is 17.1 Å². The van der Waals surface area contributed by atoms with Gasteiger partial charge in [0, 0.05) is 22.6 Å². The molecule has 4 nitrogen and oxygen atoms in total. The lowest BCUT2D eigenvalue weighted by Gasteiger charge is -2.09. The predicted molar refractivity (Wildman–Crippen MR) is 84.3 cm³/mol. The minimum absolute atomic E-state index is 0.129. The molecule has 0 amide bonds. The third-order valence-electron chi connectivity index (χ3n) is 2.88. The highest BCUT2D eigenvalue weighted by atomic mass is 79.9. The van der Waals surface area contributed by atoms with Gasteiger partial charge in [0.15, 0.2) is 0 Å². The highest BCUT2D eigenvalue weighted by Gasteiger charge is 2.11. The lowest BCUT2D eigenvalue weighted by Crippen LogP contribution is -2.01. The molecule has 0 saturated heterocycles. The monoisotopic (exact) mass is 354 g/mol. The summed E-state index contributed by atoms with van der Waals surface area (Å²) in [4.78, 5) is 10.5. The maximum Gasteiger partial charge on any atom is 0.272 e. The molecule has 0 unspecified atom stereocenters. The van der Waals surface area contributed by atoms with E-state index in [2.05, 4.69) is 21.2 Å². The summed E-state index contributed by atoms with van der Waals surface area (Å²) in [7, 11) is 0. The van der Waals surface area contributed by atoms with Gasteiger partial charge in [-0.25, -0.2) is 0 Å². The number of nitro groups is 1. The number of benzene rings is 2. The van der Waals surface area contributed by atoms with Crippen LogP contribution in [0.2, 0.25) is 5.02 Å². The second-order valence-corrected chi connectivity index (χ2v) is 5.68. The molecule has 1 N–H and O–H groups in total. The van der Waals surface area contributed by atoms with Gasteiger partial charge in [-0.05, 0) is 30.7 Å². The summed E-state index contributed by atoms with van der Waals surface area (Å²) in [6.07, 6.45) is 0. The minimum atomic E-state index is -0.370. The van der Waals surface area contributed by atoms with Crippen LogP contribution in [0, 0.1) is 17.0 Å². The van der Waals surface area contributed by atoms with Gasteiger partial charge in [-0.1, -0.05) is 39.7 Å². The van der Waals surface area contributed by atoms with Gasteiger partial charge < -0.3 is 5.32 Å². The number of hydrogen-bond acceptors (Lipinski definition) is 3. The quantitative estimate of drug-likeness (QED) is 0.625. The Labute approximate surface area is 130 Å². The molecule has 0 aliphatic rings. The summed E-state index contributed by atoms with van der Waals surface area (Å²) in [5.41, 5.74) is 2.39. The van der Waals surface area contributed by atoms with Gasteiger partial charge in [0.1, 0.15) is 0 Å². The molecule has 0 bridgehead atoms. The van der Waals surface area contributed by atoms with E-state index in [-0.39, 0.29) is 10.6 Å². The van der Waals surface area contributed by atoms with Crippen molar-refractivity contribution in [2.24, 2.45) is 0 Å². The normalized spacial score (nSPS) is 10.3. The SMILES string of the molecule is Cc1ccc(CNc2cc(Br)ccc2Cl)cc1[N+](=O)[O-]. The van der Waals surface area contributed by atoms with Crippen LogP contribution in [0.4, 0.5) is 11.4 Å². The first-order valence-corrected chi connectivity index (χ1v) is 7.07. The van der Waals surface area contributed by atoms with Gasteiger partial charge in [0.05, 0.1) is 15.6 Å². The molecule has 0 aliphatic heterocycles. The zero-order valence-corrected chi connectivity index (χ0v) is 13.0. The molecule has 0 radical (unpaired) electrons. The average molecular weight is 356 g/mol. The molecular weight excluding hydrogens is 344 g/mol. The Hall–Kier alpha value is -1.59. The van der Waals surface area contributed by atoms with Gasteiger partial charge in [-0.3, -0.25) is 10.1 Å². The number of rotatable bonds is 4. The molecule has 104 valence electrons. The van der Waals surface area contributed by atoms with Crippen molar-refractivity contribution in [1.29, 1.82) is 0 Å². The van der Waals surface area contributed by atoms with Crippen molar-refractivity contribution in [2.75, 3.05) is 5.32 Å². The van der Waals surface area contributed by atoms with Crippen LogP contribution in [0.25, 0.3) is 0 Å². The average Bonchev–Trinajstić information content (AvgIpc) is 2.41. The Bertz CT molecular complexity index is 662. The molecule has 2 rings (SSSR count). The van der Waals surface area contributed by atoms with Crippen LogP contribution < -0.4 is 5.32 Å². The van der Waals surface area contributed by atoms with Gasteiger partial charge in [0.25, 0.3) is 5.69 Å². The van der Waals surface area contributed by atoms with Crippen LogP contribution in [0.5, 0.6) is 0 Å². The van der Waals surface area contributed by atoms with Gasteiger partial charge in [-0.2, -0.15) is 0 Å². The Balaban J connectivity index is 2.17. The van der Waals surface area contributed by atoms with E-state index in [9.17, 15) is 10.1 Å².